The molecule has 1 aromatic carbocycles. The number of hydrogen-bond donors (Lipinski definition) is 2. The first-order chi connectivity index (χ1) is 7.26. The van der Waals surface area contributed by atoms with Crippen molar-refractivity contribution >= 4 is 12.1 Å². The van der Waals surface area contributed by atoms with Gasteiger partial charge >= 0.3 is 0 Å². The quantitative estimate of drug-likeness (QED) is 0.546. The molecule has 0 aromatic heterocycles. The molecule has 1 amide bonds. The first kappa shape index (κ1) is 11.2. The molecule has 0 radical (unpaired) electrons. The Morgan fingerprint density at radius 1 is 1.53 bits per heavy atom. The lowest BCUT2D eigenvalue weighted by atomic mass is 10.2. The van der Waals surface area contributed by atoms with E-state index in [1.165, 1.54) is 6.21 Å². The van der Waals surface area contributed by atoms with Gasteiger partial charge in [-0.2, -0.15) is 5.10 Å². The summed E-state index contributed by atoms with van der Waals surface area (Å²) in [5.41, 5.74) is 2.99. The van der Waals surface area contributed by atoms with E-state index in [-0.39, 0.29) is 0 Å². The van der Waals surface area contributed by atoms with Crippen molar-refractivity contribution in [2.75, 3.05) is 13.7 Å². The molecule has 0 spiro atoms. The van der Waals surface area contributed by atoms with Crippen LogP contribution in [-0.2, 0) is 4.79 Å². The van der Waals surface area contributed by atoms with Crippen LogP contribution in [0.2, 0.25) is 0 Å². The van der Waals surface area contributed by atoms with Crippen LogP contribution in [0.25, 0.3) is 0 Å². The molecular formula is C10H12N2O3. The number of benzene rings is 1. The summed E-state index contributed by atoms with van der Waals surface area (Å²) >= 11 is 0. The van der Waals surface area contributed by atoms with Gasteiger partial charge in [0.15, 0.2) is 0 Å². The second-order valence-corrected chi connectivity index (χ2v) is 2.72. The van der Waals surface area contributed by atoms with Crippen LogP contribution < -0.4 is 10.2 Å². The topological polar surface area (TPSA) is 70.9 Å². The molecule has 0 aliphatic carbocycles. The van der Waals surface area contributed by atoms with Crippen molar-refractivity contribution in [3.63, 3.8) is 0 Å². The number of aliphatic hydroxyl groups is 1. The Balaban J connectivity index is 2.53. The Bertz CT molecular complexity index is 346. The molecule has 0 atom stereocenters. The summed E-state index contributed by atoms with van der Waals surface area (Å²) < 4.78 is 4.98. The molecule has 5 nitrogen and oxygen atoms in total. The molecule has 0 aliphatic rings. The van der Waals surface area contributed by atoms with E-state index < -0.39 is 12.5 Å². The zero-order valence-corrected chi connectivity index (χ0v) is 8.30. The van der Waals surface area contributed by atoms with Gasteiger partial charge in [-0.15, -0.1) is 0 Å². The van der Waals surface area contributed by atoms with Gasteiger partial charge in [0.05, 0.1) is 13.3 Å². The van der Waals surface area contributed by atoms with Crippen molar-refractivity contribution < 1.29 is 14.6 Å². The molecule has 80 valence electrons. The highest BCUT2D eigenvalue weighted by molar-refractivity contribution is 5.82. The second kappa shape index (κ2) is 5.77. The fourth-order valence-electron chi connectivity index (χ4n) is 0.904. The minimum Gasteiger partial charge on any atom is -0.497 e. The standard InChI is InChI=1S/C10H12N2O3/c1-15-9-4-2-8(3-5-9)6-11-12-10(14)7-13/h2-6,13H,7H2,1H3,(H,12,14)/b11-6-. The van der Waals surface area contributed by atoms with Crippen LogP contribution in [0.1, 0.15) is 5.56 Å². The van der Waals surface area contributed by atoms with Crippen LogP contribution in [0.3, 0.4) is 0 Å². The summed E-state index contributed by atoms with van der Waals surface area (Å²) in [5.74, 6) is 0.214. The molecule has 0 heterocycles. The van der Waals surface area contributed by atoms with Crippen LogP contribution in [0, 0.1) is 0 Å². The number of ether oxygens (including phenoxy) is 1. The zero-order chi connectivity index (χ0) is 11.1. The summed E-state index contributed by atoms with van der Waals surface area (Å²) in [6, 6.07) is 7.17. The minimum absolute atomic E-state index is 0.542. The molecule has 0 unspecified atom stereocenters. The predicted molar refractivity (Wildman–Crippen MR) is 55.8 cm³/mol. The minimum atomic E-state index is -0.569. The van der Waals surface area contributed by atoms with Crippen molar-refractivity contribution in [3.8, 4) is 5.75 Å². The maximum absolute atomic E-state index is 10.6. The lowest BCUT2D eigenvalue weighted by Crippen LogP contribution is -2.20. The molecule has 0 bridgehead atoms. The second-order valence-electron chi connectivity index (χ2n) is 2.72. The largest absolute Gasteiger partial charge is 0.497 e. The monoisotopic (exact) mass is 208 g/mol. The van der Waals surface area contributed by atoms with E-state index in [0.29, 0.717) is 0 Å². The average molecular weight is 208 g/mol. The fourth-order valence-corrected chi connectivity index (χ4v) is 0.904. The number of amides is 1. The number of nitrogens with zero attached hydrogens (tertiary/aromatic N) is 1. The van der Waals surface area contributed by atoms with Crippen LogP contribution in [-0.4, -0.2) is 30.9 Å². The van der Waals surface area contributed by atoms with Gasteiger partial charge in [-0.25, -0.2) is 5.43 Å². The number of hydrazone groups is 1. The summed E-state index contributed by atoms with van der Waals surface area (Å²) in [4.78, 5) is 10.6. The van der Waals surface area contributed by atoms with E-state index in [0.717, 1.165) is 11.3 Å². The third-order valence-electron chi connectivity index (χ3n) is 1.66. The van der Waals surface area contributed by atoms with Gasteiger partial charge in [-0.1, -0.05) is 0 Å². The first-order valence-corrected chi connectivity index (χ1v) is 4.33. The van der Waals surface area contributed by atoms with Gasteiger partial charge in [-0.05, 0) is 29.8 Å². The highest BCUT2D eigenvalue weighted by atomic mass is 16.5. The van der Waals surface area contributed by atoms with Crippen LogP contribution in [0.15, 0.2) is 29.4 Å². The Morgan fingerprint density at radius 3 is 2.73 bits per heavy atom. The molecule has 2 N–H and O–H groups in total. The molecule has 0 saturated carbocycles. The van der Waals surface area contributed by atoms with Gasteiger partial charge in [0, 0.05) is 0 Å². The van der Waals surface area contributed by atoms with Crippen molar-refractivity contribution in [1.29, 1.82) is 0 Å². The van der Waals surface area contributed by atoms with E-state index in [4.69, 9.17) is 9.84 Å². The molecular weight excluding hydrogens is 196 g/mol. The van der Waals surface area contributed by atoms with Crippen molar-refractivity contribution in [3.05, 3.63) is 29.8 Å². The number of nitrogens with one attached hydrogen (secondary N) is 1. The third-order valence-corrected chi connectivity index (χ3v) is 1.66. The average Bonchev–Trinajstić information content (AvgIpc) is 2.29. The number of rotatable bonds is 4. The van der Waals surface area contributed by atoms with Crippen LogP contribution in [0.5, 0.6) is 5.75 Å². The molecule has 1 aromatic rings. The maximum Gasteiger partial charge on any atom is 0.265 e. The third kappa shape index (κ3) is 3.78. The Kier molecular flexibility index (Phi) is 4.30. The number of carbonyl (C=O) groups is 1. The lowest BCUT2D eigenvalue weighted by Gasteiger charge is -1.98. The maximum atomic E-state index is 10.6. The fraction of sp³-hybridized carbons (Fsp3) is 0.200. The molecule has 5 heteroatoms. The predicted octanol–water partition coefficient (Wildman–Crippen LogP) is 0.138. The van der Waals surface area contributed by atoms with Gasteiger partial charge < -0.3 is 9.84 Å². The Morgan fingerprint density at radius 2 is 2.20 bits per heavy atom. The SMILES string of the molecule is COc1ccc(/C=N\NC(=O)CO)cc1. The van der Waals surface area contributed by atoms with E-state index in [1.807, 2.05) is 0 Å². The van der Waals surface area contributed by atoms with Crippen LogP contribution >= 0.6 is 0 Å². The van der Waals surface area contributed by atoms with E-state index in [2.05, 4.69) is 10.5 Å². The smallest absolute Gasteiger partial charge is 0.265 e. The molecule has 1 rings (SSSR count). The number of aliphatic hydroxyl groups excluding tert-OH is 1. The summed E-state index contributed by atoms with van der Waals surface area (Å²) in [6.07, 6.45) is 1.48. The van der Waals surface area contributed by atoms with E-state index >= 15 is 0 Å². The lowest BCUT2D eigenvalue weighted by molar-refractivity contribution is -0.123. The molecule has 0 saturated heterocycles. The van der Waals surface area contributed by atoms with Gasteiger partial charge in [0.25, 0.3) is 5.91 Å². The Labute approximate surface area is 87.4 Å². The number of carbonyl (C=O) groups excluding carboxylic acids is 1. The molecule has 15 heavy (non-hydrogen) atoms. The van der Waals surface area contributed by atoms with Gasteiger partial charge in [-0.3, -0.25) is 4.79 Å². The number of methoxy groups -OCH3 is 1. The van der Waals surface area contributed by atoms with E-state index in [9.17, 15) is 4.79 Å². The van der Waals surface area contributed by atoms with Gasteiger partial charge in [0.1, 0.15) is 12.4 Å². The highest BCUT2D eigenvalue weighted by Gasteiger charge is 1.93. The summed E-state index contributed by atoms with van der Waals surface area (Å²) in [6.45, 7) is -0.569. The summed E-state index contributed by atoms with van der Waals surface area (Å²) in [7, 11) is 1.59. The number of hydrogen-bond acceptors (Lipinski definition) is 4. The normalized spacial score (nSPS) is 10.3. The Hall–Kier alpha value is -1.88. The van der Waals surface area contributed by atoms with Crippen molar-refractivity contribution in [1.82, 2.24) is 5.43 Å². The highest BCUT2D eigenvalue weighted by Crippen LogP contribution is 2.09. The molecule has 0 fully saturated rings. The zero-order valence-electron chi connectivity index (χ0n) is 8.30. The molecule has 0 aliphatic heterocycles. The van der Waals surface area contributed by atoms with Crippen LogP contribution in [0.4, 0.5) is 0 Å². The van der Waals surface area contributed by atoms with Crippen molar-refractivity contribution in [2.24, 2.45) is 5.10 Å². The van der Waals surface area contributed by atoms with Crippen molar-refractivity contribution in [2.45, 2.75) is 0 Å². The first-order valence-electron chi connectivity index (χ1n) is 4.33. The summed E-state index contributed by atoms with van der Waals surface area (Å²) in [5, 5.41) is 12.0. The van der Waals surface area contributed by atoms with E-state index in [1.54, 1.807) is 31.4 Å². The van der Waals surface area contributed by atoms with Gasteiger partial charge in [0.2, 0.25) is 0 Å².